The summed E-state index contributed by atoms with van der Waals surface area (Å²) >= 11 is 2.70. The van der Waals surface area contributed by atoms with E-state index in [9.17, 15) is 14.7 Å². The van der Waals surface area contributed by atoms with E-state index in [2.05, 4.69) is 11.9 Å². The summed E-state index contributed by atoms with van der Waals surface area (Å²) in [5.41, 5.74) is 1.17. The highest BCUT2D eigenvalue weighted by Gasteiger charge is 2.34. The summed E-state index contributed by atoms with van der Waals surface area (Å²) in [6.45, 7) is 5.73. The lowest BCUT2D eigenvalue weighted by Gasteiger charge is -2.04. The highest BCUT2D eigenvalue weighted by atomic mass is 32.2. The highest BCUT2D eigenvalue weighted by molar-refractivity contribution is 8.18. The molecule has 5 nitrogen and oxygen atoms in total. The van der Waals surface area contributed by atoms with Gasteiger partial charge in [-0.05, 0) is 50.1 Å². The summed E-state index contributed by atoms with van der Waals surface area (Å²) in [7, 11) is 0. The number of rotatable bonds is 5. The van der Waals surface area contributed by atoms with Crippen LogP contribution in [0.3, 0.4) is 0 Å². The van der Waals surface area contributed by atoms with Gasteiger partial charge in [0.1, 0.15) is 16.4 Å². The van der Waals surface area contributed by atoms with Crippen molar-refractivity contribution in [3.8, 4) is 0 Å². The third-order valence-electron chi connectivity index (χ3n) is 4.25. The number of thiophene rings is 1. The van der Waals surface area contributed by atoms with Crippen LogP contribution in [-0.2, 0) is 16.0 Å². The smallest absolute Gasteiger partial charge is 0.344 e. The van der Waals surface area contributed by atoms with E-state index in [0.29, 0.717) is 10.5 Å². The lowest BCUT2D eigenvalue weighted by atomic mass is 10.1. The van der Waals surface area contributed by atoms with E-state index in [0.717, 1.165) is 28.6 Å². The van der Waals surface area contributed by atoms with Crippen LogP contribution in [0, 0.1) is 6.92 Å². The maximum atomic E-state index is 12.7. The van der Waals surface area contributed by atoms with Crippen LogP contribution in [-0.4, -0.2) is 28.6 Å². The van der Waals surface area contributed by atoms with E-state index >= 15 is 0 Å². The number of thioether (sulfide) groups is 1. The molecule has 29 heavy (non-hydrogen) atoms. The zero-order chi connectivity index (χ0) is 21.0. The van der Waals surface area contributed by atoms with Crippen LogP contribution in [0.1, 0.15) is 39.5 Å². The molecule has 0 saturated carbocycles. The van der Waals surface area contributed by atoms with Crippen LogP contribution in [0.4, 0.5) is 0 Å². The average Bonchev–Trinajstić information content (AvgIpc) is 3.27. The molecule has 7 heteroatoms. The van der Waals surface area contributed by atoms with E-state index in [4.69, 9.17) is 4.74 Å². The maximum Gasteiger partial charge on any atom is 0.344 e. The second-order valence-corrected chi connectivity index (χ2v) is 8.48. The number of aryl methyl sites for hydroxylation is 2. The van der Waals surface area contributed by atoms with Gasteiger partial charge in [0.15, 0.2) is 0 Å². The first-order valence-corrected chi connectivity index (χ1v) is 10.9. The van der Waals surface area contributed by atoms with Gasteiger partial charge in [0.05, 0.1) is 11.5 Å². The Morgan fingerprint density at radius 2 is 1.93 bits per heavy atom. The van der Waals surface area contributed by atoms with Crippen LogP contribution in [0.15, 0.2) is 57.6 Å². The van der Waals surface area contributed by atoms with E-state index in [1.54, 1.807) is 36.5 Å². The number of nitrogens with zero attached hydrogens (tertiary/aromatic N) is 1. The van der Waals surface area contributed by atoms with Crippen molar-refractivity contribution in [2.45, 2.75) is 27.2 Å². The molecule has 1 aromatic carbocycles. The topological polar surface area (TPSA) is 76.0 Å². The summed E-state index contributed by atoms with van der Waals surface area (Å²) in [4.78, 5) is 31.9. The predicted octanol–water partition coefficient (Wildman–Crippen LogP) is 5.32. The molecule has 3 rings (SSSR count). The fourth-order valence-corrected chi connectivity index (χ4v) is 4.72. The van der Waals surface area contributed by atoms with Gasteiger partial charge in [-0.3, -0.25) is 4.79 Å². The average molecular weight is 428 g/mol. The van der Waals surface area contributed by atoms with Crippen LogP contribution in [0.25, 0.3) is 6.08 Å². The Morgan fingerprint density at radius 3 is 2.59 bits per heavy atom. The molecule has 0 atom stereocenters. The molecular weight excluding hydrogens is 406 g/mol. The largest absolute Gasteiger partial charge is 0.506 e. The van der Waals surface area contributed by atoms with Crippen molar-refractivity contribution in [3.63, 3.8) is 0 Å². The van der Waals surface area contributed by atoms with E-state index in [1.807, 2.05) is 31.2 Å². The van der Waals surface area contributed by atoms with E-state index < -0.39 is 11.9 Å². The maximum absolute atomic E-state index is 12.7. The Hall–Kier alpha value is -2.64. The molecule has 1 N–H and O–H groups in total. The first-order valence-electron chi connectivity index (χ1n) is 9.22. The molecule has 0 bridgehead atoms. The van der Waals surface area contributed by atoms with Gasteiger partial charge in [-0.2, -0.15) is 0 Å². The molecule has 0 radical (unpaired) electrons. The predicted molar refractivity (Wildman–Crippen MR) is 118 cm³/mol. The van der Waals surface area contributed by atoms with Crippen molar-refractivity contribution in [2.75, 3.05) is 6.61 Å². The van der Waals surface area contributed by atoms with Crippen molar-refractivity contribution < 1.29 is 19.4 Å². The van der Waals surface area contributed by atoms with Gasteiger partial charge in [-0.15, -0.1) is 11.3 Å². The van der Waals surface area contributed by atoms with Crippen LogP contribution < -0.4 is 0 Å². The number of carbonyl (C=O) groups is 2. The van der Waals surface area contributed by atoms with Crippen LogP contribution >= 0.6 is 23.1 Å². The number of hydrogen-bond donors (Lipinski definition) is 1. The Bertz CT molecular complexity index is 1050. The monoisotopic (exact) mass is 427 g/mol. The Balaban J connectivity index is 2.01. The quantitative estimate of drug-likeness (QED) is 0.654. The molecule has 0 saturated heterocycles. The number of hydrogen-bond acceptors (Lipinski definition) is 6. The number of aliphatic hydroxyl groups is 1. The number of ether oxygens (including phenoxy) is 1. The standard InChI is InChI=1S/C22H21NO4S2/c1-4-14-10-11-15(28-14)12-17-19(24)18(22(26)27-5-2)21(29-17)23-20(25)16-9-7-6-8-13(16)3/h6-12,24H,4-5H2,1-3H3/b17-12-,23-21?. The molecule has 150 valence electrons. The minimum Gasteiger partial charge on any atom is -0.506 e. The summed E-state index contributed by atoms with van der Waals surface area (Å²) in [6, 6.07) is 11.1. The van der Waals surface area contributed by atoms with E-state index in [-0.39, 0.29) is 23.0 Å². The molecular formula is C22H21NO4S2. The molecule has 1 aliphatic heterocycles. The first kappa shape index (κ1) is 21.1. The lowest BCUT2D eigenvalue weighted by Crippen LogP contribution is -2.14. The molecule has 0 spiro atoms. The third-order valence-corrected chi connectivity index (χ3v) is 6.45. The normalized spacial score (nSPS) is 16.7. The van der Waals surface area contributed by atoms with Crippen LogP contribution in [0.5, 0.6) is 0 Å². The molecule has 2 heterocycles. The summed E-state index contributed by atoms with van der Waals surface area (Å²) < 4.78 is 5.07. The van der Waals surface area contributed by atoms with Gasteiger partial charge in [-0.1, -0.05) is 36.9 Å². The highest BCUT2D eigenvalue weighted by Crippen LogP contribution is 2.40. The Morgan fingerprint density at radius 1 is 1.17 bits per heavy atom. The number of aliphatic hydroxyl groups excluding tert-OH is 1. The van der Waals surface area contributed by atoms with Gasteiger partial charge >= 0.3 is 5.97 Å². The van der Waals surface area contributed by atoms with Crippen molar-refractivity contribution in [1.29, 1.82) is 0 Å². The minimum atomic E-state index is -0.697. The molecule has 0 fully saturated rings. The van der Waals surface area contributed by atoms with Crippen LogP contribution in [0.2, 0.25) is 0 Å². The van der Waals surface area contributed by atoms with Gasteiger partial charge in [0, 0.05) is 15.3 Å². The van der Waals surface area contributed by atoms with Crippen molar-refractivity contribution in [3.05, 3.63) is 73.5 Å². The Kier molecular flexibility index (Phi) is 6.71. The van der Waals surface area contributed by atoms with Gasteiger partial charge in [0.2, 0.25) is 0 Å². The summed E-state index contributed by atoms with van der Waals surface area (Å²) in [5, 5.41) is 10.8. The molecule has 2 aromatic rings. The van der Waals surface area contributed by atoms with Crippen molar-refractivity contribution >= 4 is 46.1 Å². The zero-order valence-electron chi connectivity index (χ0n) is 16.4. The Labute approximate surface area is 177 Å². The fourth-order valence-electron chi connectivity index (χ4n) is 2.75. The van der Waals surface area contributed by atoms with Crippen molar-refractivity contribution in [2.24, 2.45) is 4.99 Å². The second-order valence-electron chi connectivity index (χ2n) is 6.25. The number of amides is 1. The first-order chi connectivity index (χ1) is 13.9. The SMILES string of the molecule is CCOC(=O)C1=C(O)/C(=C/c2ccc(CC)s2)SC1=NC(=O)c1ccccc1C. The zero-order valence-corrected chi connectivity index (χ0v) is 18.0. The fraction of sp³-hybridized carbons (Fsp3) is 0.227. The second kappa shape index (κ2) is 9.24. The van der Waals surface area contributed by atoms with E-state index in [1.165, 1.54) is 4.88 Å². The van der Waals surface area contributed by atoms with Gasteiger partial charge in [-0.25, -0.2) is 9.79 Å². The molecule has 1 amide bonds. The van der Waals surface area contributed by atoms with Gasteiger partial charge < -0.3 is 9.84 Å². The molecule has 1 aliphatic rings. The van der Waals surface area contributed by atoms with Gasteiger partial charge in [0.25, 0.3) is 5.91 Å². The lowest BCUT2D eigenvalue weighted by molar-refractivity contribution is -0.138. The van der Waals surface area contributed by atoms with Crippen molar-refractivity contribution in [1.82, 2.24) is 0 Å². The summed E-state index contributed by atoms with van der Waals surface area (Å²) in [6.07, 6.45) is 2.72. The number of aliphatic imine (C=N–C) groups is 1. The molecule has 0 unspecified atom stereocenters. The number of carbonyl (C=O) groups excluding carboxylic acids is 2. The summed E-state index contributed by atoms with van der Waals surface area (Å²) in [5.74, 6) is -1.38. The third kappa shape index (κ3) is 4.68. The minimum absolute atomic E-state index is 0.0719. The number of benzene rings is 1. The molecule has 1 aromatic heterocycles. The number of esters is 1. The molecule has 0 aliphatic carbocycles.